The number of hydrogen-bond acceptors (Lipinski definition) is 6. The van der Waals surface area contributed by atoms with E-state index in [1.54, 1.807) is 25.3 Å². The molecule has 0 aliphatic carbocycles. The third kappa shape index (κ3) is 4.39. The molecule has 3 aromatic rings. The molecule has 0 atom stereocenters. The van der Waals surface area contributed by atoms with Crippen LogP contribution >= 0.6 is 0 Å². The first-order valence-electron chi connectivity index (χ1n) is 10.8. The molecule has 4 rings (SSSR count). The van der Waals surface area contributed by atoms with E-state index in [1.165, 1.54) is 11.7 Å². The Morgan fingerprint density at radius 2 is 1.88 bits per heavy atom. The summed E-state index contributed by atoms with van der Waals surface area (Å²) in [6.07, 6.45) is 2.15. The van der Waals surface area contributed by atoms with Crippen LogP contribution in [0, 0.1) is 5.92 Å². The maximum atomic E-state index is 13.0. The van der Waals surface area contributed by atoms with Crippen LogP contribution in [0.15, 0.2) is 47.3 Å². The van der Waals surface area contributed by atoms with Crippen molar-refractivity contribution in [2.75, 3.05) is 37.5 Å². The fourth-order valence-electron chi connectivity index (χ4n) is 4.07. The topological polar surface area (TPSA) is 85.7 Å². The Hall–Kier alpha value is -3.55. The molecule has 1 N–H and O–H groups in total. The summed E-state index contributed by atoms with van der Waals surface area (Å²) < 4.78 is 12.0. The molecule has 1 aromatic heterocycles. The first-order chi connectivity index (χ1) is 15.5. The van der Waals surface area contributed by atoms with Crippen molar-refractivity contribution in [2.45, 2.75) is 26.3 Å². The Morgan fingerprint density at radius 1 is 1.12 bits per heavy atom. The maximum Gasteiger partial charge on any atom is 0.350 e. The van der Waals surface area contributed by atoms with Crippen LogP contribution in [0.3, 0.4) is 0 Å². The van der Waals surface area contributed by atoms with Gasteiger partial charge in [0, 0.05) is 24.5 Å². The van der Waals surface area contributed by atoms with Crippen LogP contribution in [0.1, 0.15) is 19.8 Å². The first-order valence-corrected chi connectivity index (χ1v) is 10.8. The molecule has 0 spiro atoms. The number of para-hydroxylation sites is 1. The summed E-state index contributed by atoms with van der Waals surface area (Å²) in [4.78, 5) is 32.4. The average molecular weight is 437 g/mol. The molecule has 0 radical (unpaired) electrons. The average Bonchev–Trinajstić information content (AvgIpc) is 2.81. The molecule has 1 saturated heterocycles. The van der Waals surface area contributed by atoms with Gasteiger partial charge in [0.05, 0.1) is 25.4 Å². The highest BCUT2D eigenvalue weighted by Crippen LogP contribution is 2.30. The summed E-state index contributed by atoms with van der Waals surface area (Å²) in [5, 5.41) is 3.69. The van der Waals surface area contributed by atoms with Crippen molar-refractivity contribution in [1.29, 1.82) is 0 Å². The molecule has 0 saturated carbocycles. The number of amides is 1. The van der Waals surface area contributed by atoms with Gasteiger partial charge in [-0.3, -0.25) is 9.36 Å². The molecule has 8 heteroatoms. The standard InChI is InChI=1S/C24H28N4O4/c1-16-10-12-27(13-11-16)23-18-6-4-5-7-20(18)28(24(30)26-23)15-22(29)25-19-14-17(31-2)8-9-21(19)32-3/h4-9,14,16H,10-13,15H2,1-3H3,(H,25,29). The highest BCUT2D eigenvalue weighted by molar-refractivity contribution is 5.95. The second kappa shape index (κ2) is 9.30. The van der Waals surface area contributed by atoms with E-state index in [4.69, 9.17) is 9.47 Å². The number of nitrogens with zero attached hydrogens (tertiary/aromatic N) is 3. The van der Waals surface area contributed by atoms with Crippen LogP contribution < -0.4 is 25.4 Å². The van der Waals surface area contributed by atoms with Crippen molar-refractivity contribution >= 4 is 28.3 Å². The third-order valence-electron chi connectivity index (χ3n) is 5.93. The van der Waals surface area contributed by atoms with E-state index in [0.717, 1.165) is 31.3 Å². The van der Waals surface area contributed by atoms with E-state index < -0.39 is 5.69 Å². The molecule has 2 heterocycles. The lowest BCUT2D eigenvalue weighted by molar-refractivity contribution is -0.116. The van der Waals surface area contributed by atoms with E-state index >= 15 is 0 Å². The van der Waals surface area contributed by atoms with Crippen molar-refractivity contribution in [1.82, 2.24) is 9.55 Å². The zero-order chi connectivity index (χ0) is 22.7. The molecule has 168 valence electrons. The molecule has 0 bridgehead atoms. The lowest BCUT2D eigenvalue weighted by Gasteiger charge is -2.32. The molecule has 2 aromatic carbocycles. The molecule has 32 heavy (non-hydrogen) atoms. The summed E-state index contributed by atoms with van der Waals surface area (Å²) in [5.74, 6) is 2.11. The lowest BCUT2D eigenvalue weighted by atomic mass is 9.99. The summed E-state index contributed by atoms with van der Waals surface area (Å²) in [7, 11) is 3.08. The summed E-state index contributed by atoms with van der Waals surface area (Å²) in [6, 6.07) is 12.7. The van der Waals surface area contributed by atoms with E-state index in [0.29, 0.717) is 34.4 Å². The van der Waals surface area contributed by atoms with Crippen LogP contribution in [-0.4, -0.2) is 42.8 Å². The number of fused-ring (bicyclic) bond motifs is 1. The second-order valence-corrected chi connectivity index (χ2v) is 8.11. The van der Waals surface area contributed by atoms with Gasteiger partial charge >= 0.3 is 5.69 Å². The van der Waals surface area contributed by atoms with Gasteiger partial charge in [0.15, 0.2) is 0 Å². The predicted octanol–water partition coefficient (Wildman–Crippen LogP) is 3.29. The van der Waals surface area contributed by atoms with E-state index in [-0.39, 0.29) is 12.5 Å². The Labute approximate surface area is 186 Å². The van der Waals surface area contributed by atoms with Crippen LogP contribution in [0.25, 0.3) is 10.9 Å². The fourth-order valence-corrected chi connectivity index (χ4v) is 4.07. The second-order valence-electron chi connectivity index (χ2n) is 8.11. The number of ether oxygens (including phenoxy) is 2. The highest BCUT2D eigenvalue weighted by Gasteiger charge is 2.21. The van der Waals surface area contributed by atoms with Crippen molar-refractivity contribution in [3.8, 4) is 11.5 Å². The number of methoxy groups -OCH3 is 2. The number of benzene rings is 2. The Morgan fingerprint density at radius 3 is 2.59 bits per heavy atom. The molecule has 8 nitrogen and oxygen atoms in total. The summed E-state index contributed by atoms with van der Waals surface area (Å²) in [5.41, 5.74) is 0.722. The molecule has 1 amide bonds. The van der Waals surface area contributed by atoms with E-state index in [1.807, 2.05) is 24.3 Å². The van der Waals surface area contributed by atoms with Gasteiger partial charge in [0.1, 0.15) is 23.9 Å². The van der Waals surface area contributed by atoms with Gasteiger partial charge in [0.25, 0.3) is 0 Å². The first kappa shape index (κ1) is 21.7. The lowest BCUT2D eigenvalue weighted by Crippen LogP contribution is -2.37. The zero-order valence-electron chi connectivity index (χ0n) is 18.6. The quantitative estimate of drug-likeness (QED) is 0.638. The smallest absolute Gasteiger partial charge is 0.350 e. The maximum absolute atomic E-state index is 13.0. The van der Waals surface area contributed by atoms with Crippen LogP contribution in [-0.2, 0) is 11.3 Å². The fraction of sp³-hybridized carbons (Fsp3) is 0.375. The molecule has 1 aliphatic rings. The zero-order valence-corrected chi connectivity index (χ0v) is 18.6. The minimum absolute atomic E-state index is 0.163. The van der Waals surface area contributed by atoms with Crippen molar-refractivity contribution in [2.24, 2.45) is 5.92 Å². The van der Waals surface area contributed by atoms with E-state index in [9.17, 15) is 9.59 Å². The Kier molecular flexibility index (Phi) is 6.30. The number of nitrogens with one attached hydrogen (secondary N) is 1. The monoisotopic (exact) mass is 436 g/mol. The van der Waals surface area contributed by atoms with Crippen molar-refractivity contribution < 1.29 is 14.3 Å². The molecule has 1 fully saturated rings. The minimum atomic E-state index is -0.440. The van der Waals surface area contributed by atoms with Crippen LogP contribution in [0.2, 0.25) is 0 Å². The van der Waals surface area contributed by atoms with Gasteiger partial charge in [0.2, 0.25) is 5.91 Å². The Bertz CT molecular complexity index is 1180. The normalized spacial score (nSPS) is 14.4. The van der Waals surface area contributed by atoms with Crippen LogP contribution in [0.4, 0.5) is 11.5 Å². The van der Waals surface area contributed by atoms with Crippen molar-refractivity contribution in [3.63, 3.8) is 0 Å². The number of aromatic nitrogens is 2. The SMILES string of the molecule is COc1ccc(OC)c(NC(=O)Cn2c(=O)nc(N3CCC(C)CC3)c3ccccc32)c1. The number of carbonyl (C=O) groups excluding carboxylic acids is 1. The van der Waals surface area contributed by atoms with Crippen LogP contribution in [0.5, 0.6) is 11.5 Å². The summed E-state index contributed by atoms with van der Waals surface area (Å²) in [6.45, 7) is 3.83. The number of piperidine rings is 1. The van der Waals surface area contributed by atoms with Gasteiger partial charge < -0.3 is 19.7 Å². The number of carbonyl (C=O) groups is 1. The van der Waals surface area contributed by atoms with E-state index in [2.05, 4.69) is 22.1 Å². The predicted molar refractivity (Wildman–Crippen MR) is 125 cm³/mol. The number of hydrogen-bond donors (Lipinski definition) is 1. The van der Waals surface area contributed by atoms with Gasteiger partial charge in [-0.2, -0.15) is 4.98 Å². The third-order valence-corrected chi connectivity index (χ3v) is 5.93. The highest BCUT2D eigenvalue weighted by atomic mass is 16.5. The van der Waals surface area contributed by atoms with Gasteiger partial charge in [-0.15, -0.1) is 0 Å². The molecular formula is C24H28N4O4. The van der Waals surface area contributed by atoms with Gasteiger partial charge in [-0.1, -0.05) is 19.1 Å². The minimum Gasteiger partial charge on any atom is -0.497 e. The van der Waals surface area contributed by atoms with Crippen molar-refractivity contribution in [3.05, 3.63) is 52.9 Å². The van der Waals surface area contributed by atoms with Gasteiger partial charge in [-0.25, -0.2) is 4.79 Å². The van der Waals surface area contributed by atoms with Gasteiger partial charge in [-0.05, 0) is 43.0 Å². The molecular weight excluding hydrogens is 408 g/mol. The number of anilines is 2. The Balaban J connectivity index is 1.64. The molecule has 0 unspecified atom stereocenters. The number of rotatable bonds is 6. The summed E-state index contributed by atoms with van der Waals surface area (Å²) >= 11 is 0. The molecule has 1 aliphatic heterocycles. The largest absolute Gasteiger partial charge is 0.497 e.